The summed E-state index contributed by atoms with van der Waals surface area (Å²) in [7, 11) is 2.19. The van der Waals surface area contributed by atoms with E-state index in [0.717, 1.165) is 6.54 Å². The quantitative estimate of drug-likeness (QED) is 0.874. The zero-order chi connectivity index (χ0) is 12.3. The molecule has 0 bridgehead atoms. The lowest BCUT2D eigenvalue weighted by atomic mass is 10.2. The number of hydrogen-bond donors (Lipinski definition) is 1. The number of hydrogen-bond acceptors (Lipinski definition) is 4. The summed E-state index contributed by atoms with van der Waals surface area (Å²) in [6.45, 7) is 5.21. The molecule has 96 valence electrons. The number of nitrogens with zero attached hydrogens (tertiary/aromatic N) is 2. The van der Waals surface area contributed by atoms with Crippen molar-refractivity contribution in [3.8, 4) is 0 Å². The highest BCUT2D eigenvalue weighted by Crippen LogP contribution is 2.28. The van der Waals surface area contributed by atoms with Crippen molar-refractivity contribution in [1.29, 1.82) is 0 Å². The largest absolute Gasteiger partial charge is 0.348 e. The number of nitrogens with one attached hydrogen (secondary N) is 1. The van der Waals surface area contributed by atoms with Crippen LogP contribution in [0.3, 0.4) is 0 Å². The Morgan fingerprint density at radius 3 is 2.82 bits per heavy atom. The molecule has 1 aromatic heterocycles. The lowest BCUT2D eigenvalue weighted by Crippen LogP contribution is -2.28. The summed E-state index contributed by atoms with van der Waals surface area (Å²) in [5, 5.41) is 6.76. The normalized spacial score (nSPS) is 16.9. The van der Waals surface area contributed by atoms with Gasteiger partial charge in [0, 0.05) is 31.1 Å². The average molecular weight is 253 g/mol. The third kappa shape index (κ3) is 3.42. The van der Waals surface area contributed by atoms with Crippen LogP contribution in [0, 0.1) is 0 Å². The standard InChI is InChI=1S/C13H23N3S/c1-10(2)14-8-11-9-17-13(15-11)16(3)12-6-4-5-7-12/h9-10,12,14H,4-8H2,1-3H3. The highest BCUT2D eigenvalue weighted by molar-refractivity contribution is 7.13. The molecule has 1 aromatic rings. The molecule has 0 aliphatic heterocycles. The molecule has 4 heteroatoms. The molecule has 0 spiro atoms. The van der Waals surface area contributed by atoms with E-state index in [1.807, 2.05) is 0 Å². The monoisotopic (exact) mass is 253 g/mol. The summed E-state index contributed by atoms with van der Waals surface area (Å²) in [5.74, 6) is 0. The van der Waals surface area contributed by atoms with Gasteiger partial charge in [-0.1, -0.05) is 26.7 Å². The second kappa shape index (κ2) is 5.83. The predicted octanol–water partition coefficient (Wildman–Crippen LogP) is 3.02. The van der Waals surface area contributed by atoms with Crippen molar-refractivity contribution >= 4 is 16.5 Å². The van der Waals surface area contributed by atoms with Gasteiger partial charge in [-0.05, 0) is 12.8 Å². The minimum absolute atomic E-state index is 0.521. The second-order valence-corrected chi connectivity index (χ2v) is 6.04. The first-order valence-electron chi connectivity index (χ1n) is 6.57. The fourth-order valence-corrected chi connectivity index (χ4v) is 3.16. The van der Waals surface area contributed by atoms with Crippen LogP contribution >= 0.6 is 11.3 Å². The van der Waals surface area contributed by atoms with E-state index < -0.39 is 0 Å². The van der Waals surface area contributed by atoms with Gasteiger partial charge in [0.15, 0.2) is 5.13 Å². The number of anilines is 1. The van der Waals surface area contributed by atoms with Gasteiger partial charge in [0.2, 0.25) is 0 Å². The van der Waals surface area contributed by atoms with Crippen molar-refractivity contribution in [2.45, 2.75) is 58.2 Å². The Kier molecular flexibility index (Phi) is 4.40. The Morgan fingerprint density at radius 1 is 1.47 bits per heavy atom. The van der Waals surface area contributed by atoms with E-state index in [1.54, 1.807) is 11.3 Å². The third-order valence-corrected chi connectivity index (χ3v) is 4.39. The summed E-state index contributed by atoms with van der Waals surface area (Å²) < 4.78 is 0. The second-order valence-electron chi connectivity index (χ2n) is 5.21. The molecule has 1 aliphatic carbocycles. The summed E-state index contributed by atoms with van der Waals surface area (Å²) >= 11 is 1.77. The van der Waals surface area contributed by atoms with E-state index in [4.69, 9.17) is 4.98 Å². The van der Waals surface area contributed by atoms with Crippen LogP contribution < -0.4 is 10.2 Å². The molecule has 0 aromatic carbocycles. The lowest BCUT2D eigenvalue weighted by Gasteiger charge is -2.23. The van der Waals surface area contributed by atoms with Crippen molar-refractivity contribution in [2.24, 2.45) is 0 Å². The highest BCUT2D eigenvalue weighted by Gasteiger charge is 2.21. The van der Waals surface area contributed by atoms with E-state index in [0.29, 0.717) is 12.1 Å². The Bertz CT molecular complexity index is 342. The number of rotatable bonds is 5. The summed E-state index contributed by atoms with van der Waals surface area (Å²) in [6, 6.07) is 1.24. The van der Waals surface area contributed by atoms with E-state index >= 15 is 0 Å². The molecule has 1 aliphatic rings. The van der Waals surface area contributed by atoms with Gasteiger partial charge >= 0.3 is 0 Å². The van der Waals surface area contributed by atoms with Crippen LogP contribution in [0.4, 0.5) is 5.13 Å². The third-order valence-electron chi connectivity index (χ3n) is 3.41. The molecule has 1 saturated carbocycles. The van der Waals surface area contributed by atoms with Crippen LogP contribution in [0.25, 0.3) is 0 Å². The van der Waals surface area contributed by atoms with E-state index in [1.165, 1.54) is 36.5 Å². The lowest BCUT2D eigenvalue weighted by molar-refractivity contribution is 0.582. The maximum absolute atomic E-state index is 4.71. The number of thiazole rings is 1. The van der Waals surface area contributed by atoms with Gasteiger partial charge in [0.25, 0.3) is 0 Å². The van der Waals surface area contributed by atoms with Crippen LogP contribution in [0.1, 0.15) is 45.2 Å². The first-order chi connectivity index (χ1) is 8.16. The minimum Gasteiger partial charge on any atom is -0.348 e. The summed E-state index contributed by atoms with van der Waals surface area (Å²) in [4.78, 5) is 7.08. The van der Waals surface area contributed by atoms with Gasteiger partial charge in [0.1, 0.15) is 0 Å². The SMILES string of the molecule is CC(C)NCc1csc(N(C)C2CCCC2)n1. The van der Waals surface area contributed by atoms with E-state index in [-0.39, 0.29) is 0 Å². The van der Waals surface area contributed by atoms with Crippen molar-refractivity contribution in [3.05, 3.63) is 11.1 Å². The highest BCUT2D eigenvalue weighted by atomic mass is 32.1. The van der Waals surface area contributed by atoms with Gasteiger partial charge < -0.3 is 10.2 Å². The van der Waals surface area contributed by atoms with Crippen LogP contribution in [-0.4, -0.2) is 24.1 Å². The van der Waals surface area contributed by atoms with Crippen molar-refractivity contribution in [1.82, 2.24) is 10.3 Å². The molecule has 3 nitrogen and oxygen atoms in total. The first kappa shape index (κ1) is 12.8. The molecular formula is C13H23N3S. The molecule has 0 unspecified atom stereocenters. The zero-order valence-electron chi connectivity index (χ0n) is 11.1. The smallest absolute Gasteiger partial charge is 0.185 e. The van der Waals surface area contributed by atoms with Gasteiger partial charge in [-0.15, -0.1) is 11.3 Å². The van der Waals surface area contributed by atoms with Crippen molar-refractivity contribution in [3.63, 3.8) is 0 Å². The molecule has 0 radical (unpaired) electrons. The van der Waals surface area contributed by atoms with Gasteiger partial charge in [-0.2, -0.15) is 0 Å². The van der Waals surface area contributed by atoms with Crippen LogP contribution in [0.5, 0.6) is 0 Å². The van der Waals surface area contributed by atoms with E-state index in [2.05, 4.69) is 36.5 Å². The number of aromatic nitrogens is 1. The Balaban J connectivity index is 1.92. The maximum atomic E-state index is 4.71. The first-order valence-corrected chi connectivity index (χ1v) is 7.45. The van der Waals surface area contributed by atoms with Crippen LogP contribution in [-0.2, 0) is 6.54 Å². The molecule has 1 heterocycles. The zero-order valence-corrected chi connectivity index (χ0v) is 11.9. The summed E-state index contributed by atoms with van der Waals surface area (Å²) in [5.41, 5.74) is 1.17. The Morgan fingerprint density at radius 2 is 2.18 bits per heavy atom. The van der Waals surface area contributed by atoms with Crippen molar-refractivity contribution in [2.75, 3.05) is 11.9 Å². The molecule has 0 atom stereocenters. The van der Waals surface area contributed by atoms with Crippen molar-refractivity contribution < 1.29 is 0 Å². The minimum atomic E-state index is 0.521. The molecule has 1 N–H and O–H groups in total. The Hall–Kier alpha value is -0.610. The average Bonchev–Trinajstić information content (AvgIpc) is 2.97. The molecule has 2 rings (SSSR count). The molecule has 0 amide bonds. The molecular weight excluding hydrogens is 230 g/mol. The van der Waals surface area contributed by atoms with Crippen LogP contribution in [0.2, 0.25) is 0 Å². The Labute approximate surface area is 108 Å². The summed E-state index contributed by atoms with van der Waals surface area (Å²) in [6.07, 6.45) is 5.41. The van der Waals surface area contributed by atoms with E-state index in [9.17, 15) is 0 Å². The molecule has 1 fully saturated rings. The maximum Gasteiger partial charge on any atom is 0.185 e. The molecule has 0 saturated heterocycles. The van der Waals surface area contributed by atoms with Gasteiger partial charge in [-0.25, -0.2) is 4.98 Å². The molecule has 17 heavy (non-hydrogen) atoms. The van der Waals surface area contributed by atoms with Crippen LogP contribution in [0.15, 0.2) is 5.38 Å². The van der Waals surface area contributed by atoms with Gasteiger partial charge in [0.05, 0.1) is 5.69 Å². The topological polar surface area (TPSA) is 28.2 Å². The fourth-order valence-electron chi connectivity index (χ4n) is 2.30. The predicted molar refractivity (Wildman–Crippen MR) is 74.7 cm³/mol. The van der Waals surface area contributed by atoms with Gasteiger partial charge in [-0.3, -0.25) is 0 Å². The fraction of sp³-hybridized carbons (Fsp3) is 0.769.